The quantitative estimate of drug-likeness (QED) is 0.925. The predicted molar refractivity (Wildman–Crippen MR) is 69.4 cm³/mol. The zero-order chi connectivity index (χ0) is 14.6. The van der Waals surface area contributed by atoms with Gasteiger partial charge >= 0.3 is 6.18 Å². The van der Waals surface area contributed by atoms with Gasteiger partial charge in [-0.1, -0.05) is 18.2 Å². The van der Waals surface area contributed by atoms with Crippen molar-refractivity contribution in [1.29, 1.82) is 0 Å². The number of likely N-dealkylation sites (tertiary alicyclic amines) is 1. The molecule has 6 heteroatoms. The van der Waals surface area contributed by atoms with Gasteiger partial charge in [0.1, 0.15) is 0 Å². The van der Waals surface area contributed by atoms with E-state index < -0.39 is 12.7 Å². The SMILES string of the molecule is O=C(c1ccccc1)N1CCCC(NCC(F)(F)F)C1. The first-order valence-electron chi connectivity index (χ1n) is 6.60. The highest BCUT2D eigenvalue weighted by Crippen LogP contribution is 2.17. The summed E-state index contributed by atoms with van der Waals surface area (Å²) in [6.07, 6.45) is -2.84. The number of carbonyl (C=O) groups is 1. The summed E-state index contributed by atoms with van der Waals surface area (Å²) >= 11 is 0. The van der Waals surface area contributed by atoms with Crippen LogP contribution in [0.15, 0.2) is 30.3 Å². The highest BCUT2D eigenvalue weighted by atomic mass is 19.4. The first-order valence-corrected chi connectivity index (χ1v) is 6.60. The summed E-state index contributed by atoms with van der Waals surface area (Å²) in [6.45, 7) is -0.0905. The van der Waals surface area contributed by atoms with Crippen LogP contribution in [0.4, 0.5) is 13.2 Å². The Labute approximate surface area is 115 Å². The Morgan fingerprint density at radius 2 is 2.00 bits per heavy atom. The minimum Gasteiger partial charge on any atom is -0.337 e. The highest BCUT2D eigenvalue weighted by Gasteiger charge is 2.30. The summed E-state index contributed by atoms with van der Waals surface area (Å²) in [4.78, 5) is 13.8. The average Bonchev–Trinajstić information content (AvgIpc) is 2.45. The van der Waals surface area contributed by atoms with Gasteiger partial charge in [-0.15, -0.1) is 0 Å². The molecule has 1 fully saturated rings. The Balaban J connectivity index is 1.92. The van der Waals surface area contributed by atoms with Crippen LogP contribution in [-0.2, 0) is 0 Å². The van der Waals surface area contributed by atoms with Crippen molar-refractivity contribution in [1.82, 2.24) is 10.2 Å². The molecule has 2 rings (SSSR count). The van der Waals surface area contributed by atoms with E-state index in [0.29, 0.717) is 31.5 Å². The molecule has 0 aromatic heterocycles. The van der Waals surface area contributed by atoms with Crippen molar-refractivity contribution < 1.29 is 18.0 Å². The van der Waals surface area contributed by atoms with E-state index in [4.69, 9.17) is 0 Å². The molecule has 1 atom stereocenters. The molecule has 1 aliphatic heterocycles. The third-order valence-electron chi connectivity index (χ3n) is 3.32. The molecule has 1 amide bonds. The molecule has 0 radical (unpaired) electrons. The molecule has 110 valence electrons. The van der Waals surface area contributed by atoms with E-state index in [1.54, 1.807) is 29.2 Å². The van der Waals surface area contributed by atoms with Crippen LogP contribution in [-0.4, -0.2) is 42.7 Å². The van der Waals surface area contributed by atoms with Crippen molar-refractivity contribution in [2.24, 2.45) is 0 Å². The highest BCUT2D eigenvalue weighted by molar-refractivity contribution is 5.94. The molecule has 3 nitrogen and oxygen atoms in total. The van der Waals surface area contributed by atoms with Crippen LogP contribution < -0.4 is 5.32 Å². The Bertz CT molecular complexity index is 447. The van der Waals surface area contributed by atoms with Gasteiger partial charge < -0.3 is 10.2 Å². The number of hydrogen-bond donors (Lipinski definition) is 1. The van der Waals surface area contributed by atoms with E-state index in [1.807, 2.05) is 6.07 Å². The molecule has 1 aromatic carbocycles. The van der Waals surface area contributed by atoms with Crippen LogP contribution in [0.1, 0.15) is 23.2 Å². The smallest absolute Gasteiger partial charge is 0.337 e. The molecule has 1 aliphatic rings. The zero-order valence-electron chi connectivity index (χ0n) is 11.0. The summed E-state index contributed by atoms with van der Waals surface area (Å²) in [7, 11) is 0. The first kappa shape index (κ1) is 14.8. The summed E-state index contributed by atoms with van der Waals surface area (Å²) in [5.74, 6) is -0.121. The van der Waals surface area contributed by atoms with E-state index in [2.05, 4.69) is 5.32 Å². The molecular formula is C14H17F3N2O. The molecule has 1 unspecified atom stereocenters. The van der Waals surface area contributed by atoms with Crippen molar-refractivity contribution in [2.45, 2.75) is 25.1 Å². The average molecular weight is 286 g/mol. The molecule has 1 heterocycles. The topological polar surface area (TPSA) is 32.3 Å². The monoisotopic (exact) mass is 286 g/mol. The maximum atomic E-state index is 12.2. The lowest BCUT2D eigenvalue weighted by molar-refractivity contribution is -0.126. The zero-order valence-corrected chi connectivity index (χ0v) is 11.0. The van der Waals surface area contributed by atoms with E-state index in [1.165, 1.54) is 0 Å². The van der Waals surface area contributed by atoms with Gasteiger partial charge in [0, 0.05) is 24.7 Å². The van der Waals surface area contributed by atoms with Crippen LogP contribution in [0.2, 0.25) is 0 Å². The fourth-order valence-corrected chi connectivity index (χ4v) is 2.35. The number of rotatable bonds is 3. The van der Waals surface area contributed by atoms with E-state index >= 15 is 0 Å². The molecule has 1 N–H and O–H groups in total. The van der Waals surface area contributed by atoms with E-state index in [9.17, 15) is 18.0 Å². The Hall–Kier alpha value is -1.56. The Morgan fingerprint density at radius 1 is 1.30 bits per heavy atom. The van der Waals surface area contributed by atoms with Crippen LogP contribution in [0.3, 0.4) is 0 Å². The van der Waals surface area contributed by atoms with Gasteiger partial charge in [0.15, 0.2) is 0 Å². The normalized spacial score (nSPS) is 19.9. The van der Waals surface area contributed by atoms with E-state index in [-0.39, 0.29) is 11.9 Å². The van der Waals surface area contributed by atoms with Crippen molar-refractivity contribution in [3.05, 3.63) is 35.9 Å². The number of hydrogen-bond acceptors (Lipinski definition) is 2. The molecule has 0 saturated carbocycles. The number of nitrogens with one attached hydrogen (secondary N) is 1. The summed E-state index contributed by atoms with van der Waals surface area (Å²) in [5, 5.41) is 2.48. The van der Waals surface area contributed by atoms with Crippen LogP contribution in [0, 0.1) is 0 Å². The maximum Gasteiger partial charge on any atom is 0.401 e. The number of nitrogens with zero attached hydrogens (tertiary/aromatic N) is 1. The second-order valence-corrected chi connectivity index (χ2v) is 4.95. The lowest BCUT2D eigenvalue weighted by Gasteiger charge is -2.33. The van der Waals surface area contributed by atoms with Gasteiger partial charge in [0.05, 0.1) is 6.54 Å². The summed E-state index contributed by atoms with van der Waals surface area (Å²) in [6, 6.07) is 8.51. The van der Waals surface area contributed by atoms with Gasteiger partial charge in [-0.25, -0.2) is 0 Å². The molecular weight excluding hydrogens is 269 g/mol. The predicted octanol–water partition coefficient (Wildman–Crippen LogP) is 2.44. The fourth-order valence-electron chi connectivity index (χ4n) is 2.35. The van der Waals surface area contributed by atoms with Crippen molar-refractivity contribution in [3.63, 3.8) is 0 Å². The van der Waals surface area contributed by atoms with Crippen LogP contribution in [0.5, 0.6) is 0 Å². The number of benzene rings is 1. The lowest BCUT2D eigenvalue weighted by Crippen LogP contribution is -2.49. The van der Waals surface area contributed by atoms with Gasteiger partial charge in [-0.05, 0) is 25.0 Å². The number of piperidine rings is 1. The lowest BCUT2D eigenvalue weighted by atomic mass is 10.0. The Morgan fingerprint density at radius 3 is 2.65 bits per heavy atom. The minimum absolute atomic E-state index is 0.121. The number of alkyl halides is 3. The van der Waals surface area contributed by atoms with Gasteiger partial charge in [0.25, 0.3) is 5.91 Å². The second-order valence-electron chi connectivity index (χ2n) is 4.95. The molecule has 20 heavy (non-hydrogen) atoms. The van der Waals surface area contributed by atoms with Gasteiger partial charge in [-0.3, -0.25) is 4.79 Å². The van der Waals surface area contributed by atoms with Crippen LogP contribution >= 0.6 is 0 Å². The minimum atomic E-state index is -4.22. The third-order valence-corrected chi connectivity index (χ3v) is 3.32. The molecule has 0 aliphatic carbocycles. The molecule has 1 saturated heterocycles. The van der Waals surface area contributed by atoms with Crippen molar-refractivity contribution in [3.8, 4) is 0 Å². The number of carbonyl (C=O) groups excluding carboxylic acids is 1. The van der Waals surface area contributed by atoms with Gasteiger partial charge in [0.2, 0.25) is 0 Å². The first-order chi connectivity index (χ1) is 9.46. The molecule has 0 spiro atoms. The second kappa shape index (κ2) is 6.26. The molecule has 0 bridgehead atoms. The van der Waals surface area contributed by atoms with Crippen molar-refractivity contribution >= 4 is 5.91 Å². The number of amides is 1. The summed E-state index contributed by atoms with van der Waals surface area (Å²) in [5.41, 5.74) is 0.573. The van der Waals surface area contributed by atoms with Crippen LogP contribution in [0.25, 0.3) is 0 Å². The number of halogens is 3. The third kappa shape index (κ3) is 4.23. The Kier molecular flexibility index (Phi) is 4.65. The van der Waals surface area contributed by atoms with Gasteiger partial charge in [-0.2, -0.15) is 13.2 Å². The summed E-state index contributed by atoms with van der Waals surface area (Å²) < 4.78 is 36.6. The largest absolute Gasteiger partial charge is 0.401 e. The maximum absolute atomic E-state index is 12.2. The fraction of sp³-hybridized carbons (Fsp3) is 0.500. The van der Waals surface area contributed by atoms with E-state index in [0.717, 1.165) is 0 Å². The standard InChI is InChI=1S/C14H17F3N2O/c15-14(16,17)10-18-12-7-4-8-19(9-12)13(20)11-5-2-1-3-6-11/h1-3,5-6,12,18H,4,7-10H2. The molecule has 1 aromatic rings. The van der Waals surface area contributed by atoms with Crippen molar-refractivity contribution in [2.75, 3.05) is 19.6 Å².